The number of hydrogen-bond acceptors (Lipinski definition) is 2. The van der Waals surface area contributed by atoms with Gasteiger partial charge in [-0.2, -0.15) is 8.78 Å². The third-order valence-corrected chi connectivity index (χ3v) is 5.47. The average molecular weight is 450 g/mol. The predicted molar refractivity (Wildman–Crippen MR) is 98.4 cm³/mol. The van der Waals surface area contributed by atoms with Gasteiger partial charge in [-0.15, -0.1) is 0 Å². The molecule has 31 heavy (non-hydrogen) atoms. The lowest BCUT2D eigenvalue weighted by Crippen LogP contribution is -2.25. The van der Waals surface area contributed by atoms with Crippen molar-refractivity contribution in [2.24, 2.45) is 5.92 Å². The van der Waals surface area contributed by atoms with E-state index in [9.17, 15) is 30.7 Å². The van der Waals surface area contributed by atoms with Gasteiger partial charge in [0, 0.05) is 25.3 Å². The summed E-state index contributed by atoms with van der Waals surface area (Å²) < 4.78 is 107. The van der Waals surface area contributed by atoms with E-state index < -0.39 is 46.5 Å². The molecule has 0 aromatic heterocycles. The SMILES string of the molecule is CCOCC1CCC(c2ccc(C(F)(F)Oc3cc(F)c(F)c(F)c3)c(F)c2F)CC1. The van der Waals surface area contributed by atoms with E-state index in [2.05, 4.69) is 4.74 Å². The fourth-order valence-electron chi connectivity index (χ4n) is 3.82. The van der Waals surface area contributed by atoms with Gasteiger partial charge in [-0.05, 0) is 56.1 Å². The largest absolute Gasteiger partial charge is 0.429 e. The molecule has 170 valence electrons. The van der Waals surface area contributed by atoms with Crippen LogP contribution in [-0.2, 0) is 10.8 Å². The van der Waals surface area contributed by atoms with Crippen LogP contribution in [0.3, 0.4) is 0 Å². The number of hydrogen-bond donors (Lipinski definition) is 0. The molecule has 0 aliphatic heterocycles. The molecule has 0 N–H and O–H groups in total. The van der Waals surface area contributed by atoms with Gasteiger partial charge in [-0.3, -0.25) is 0 Å². The Morgan fingerprint density at radius 2 is 1.48 bits per heavy atom. The average Bonchev–Trinajstić information content (AvgIpc) is 2.72. The van der Waals surface area contributed by atoms with Crippen molar-refractivity contribution < 1.29 is 40.2 Å². The number of ether oxygens (including phenoxy) is 2. The zero-order valence-corrected chi connectivity index (χ0v) is 16.7. The molecule has 0 heterocycles. The normalized spacial score (nSPS) is 19.5. The molecule has 0 bridgehead atoms. The molecule has 0 unspecified atom stereocenters. The molecular formula is C22H21F7O2. The highest BCUT2D eigenvalue weighted by Gasteiger charge is 2.40. The van der Waals surface area contributed by atoms with Gasteiger partial charge >= 0.3 is 6.11 Å². The van der Waals surface area contributed by atoms with Gasteiger partial charge < -0.3 is 9.47 Å². The van der Waals surface area contributed by atoms with Gasteiger partial charge in [0.1, 0.15) is 11.3 Å². The van der Waals surface area contributed by atoms with Crippen LogP contribution in [0.2, 0.25) is 0 Å². The van der Waals surface area contributed by atoms with E-state index in [1.54, 1.807) is 0 Å². The second-order valence-electron chi connectivity index (χ2n) is 7.53. The van der Waals surface area contributed by atoms with E-state index in [1.165, 1.54) is 0 Å². The van der Waals surface area contributed by atoms with Gasteiger partial charge in [-0.25, -0.2) is 22.0 Å². The first-order chi connectivity index (χ1) is 14.6. The monoisotopic (exact) mass is 450 g/mol. The summed E-state index contributed by atoms with van der Waals surface area (Å²) in [6, 6.07) is 2.14. The molecule has 0 saturated heterocycles. The van der Waals surface area contributed by atoms with Crippen LogP contribution < -0.4 is 4.74 Å². The maximum absolute atomic E-state index is 14.6. The summed E-state index contributed by atoms with van der Waals surface area (Å²) in [7, 11) is 0. The molecule has 0 atom stereocenters. The van der Waals surface area contributed by atoms with Crippen molar-refractivity contribution in [3.05, 3.63) is 64.5 Å². The predicted octanol–water partition coefficient (Wildman–Crippen LogP) is 6.82. The molecule has 2 aromatic carbocycles. The molecule has 1 aliphatic rings. The minimum absolute atomic E-state index is 0.00854. The quantitative estimate of drug-likeness (QED) is 0.340. The van der Waals surface area contributed by atoms with E-state index in [0.29, 0.717) is 38.0 Å². The van der Waals surface area contributed by atoms with Crippen LogP contribution in [0.5, 0.6) is 5.75 Å². The van der Waals surface area contributed by atoms with Gasteiger partial charge in [-0.1, -0.05) is 6.07 Å². The lowest BCUT2D eigenvalue weighted by molar-refractivity contribution is -0.188. The van der Waals surface area contributed by atoms with Crippen LogP contribution in [0.25, 0.3) is 0 Å². The summed E-state index contributed by atoms with van der Waals surface area (Å²) in [4.78, 5) is 0. The second-order valence-corrected chi connectivity index (χ2v) is 7.53. The van der Waals surface area contributed by atoms with Crippen molar-refractivity contribution in [1.82, 2.24) is 0 Å². The fourth-order valence-corrected chi connectivity index (χ4v) is 3.82. The van der Waals surface area contributed by atoms with E-state index in [4.69, 9.17) is 4.74 Å². The Kier molecular flexibility index (Phi) is 7.13. The summed E-state index contributed by atoms with van der Waals surface area (Å²) in [6.45, 7) is 3.07. The van der Waals surface area contributed by atoms with E-state index in [1.807, 2.05) is 6.92 Å². The van der Waals surface area contributed by atoms with Crippen molar-refractivity contribution >= 4 is 0 Å². The molecule has 9 heteroatoms. The van der Waals surface area contributed by atoms with E-state index >= 15 is 0 Å². The standard InChI is InChI=1S/C22H21F7O2/c1-2-30-11-12-3-5-13(6-4-12)15-7-8-16(20(26)19(15)25)22(28,29)31-14-9-17(23)21(27)18(24)10-14/h7-10,12-13H,2-6,11H2,1H3. The highest BCUT2D eigenvalue weighted by atomic mass is 19.3. The van der Waals surface area contributed by atoms with Crippen molar-refractivity contribution in [3.63, 3.8) is 0 Å². The lowest BCUT2D eigenvalue weighted by Gasteiger charge is -2.29. The van der Waals surface area contributed by atoms with Gasteiger partial charge in [0.25, 0.3) is 0 Å². The first-order valence-corrected chi connectivity index (χ1v) is 9.91. The third kappa shape index (κ3) is 5.14. The Labute approximate surface area is 175 Å². The van der Waals surface area contributed by atoms with E-state index in [0.717, 1.165) is 18.9 Å². The molecule has 2 nitrogen and oxygen atoms in total. The molecule has 0 spiro atoms. The summed E-state index contributed by atoms with van der Waals surface area (Å²) in [5.74, 6) is -9.67. The Morgan fingerprint density at radius 1 is 0.871 bits per heavy atom. The molecule has 1 aliphatic carbocycles. The van der Waals surface area contributed by atoms with Crippen LogP contribution in [0.15, 0.2) is 24.3 Å². The van der Waals surface area contributed by atoms with Gasteiger partial charge in [0.15, 0.2) is 29.1 Å². The number of rotatable bonds is 7. The van der Waals surface area contributed by atoms with Crippen LogP contribution in [-0.4, -0.2) is 13.2 Å². The first kappa shape index (κ1) is 23.4. The van der Waals surface area contributed by atoms with Crippen molar-refractivity contribution in [1.29, 1.82) is 0 Å². The fraction of sp³-hybridized carbons (Fsp3) is 0.455. The summed E-state index contributed by atoms with van der Waals surface area (Å²) in [6.07, 6.45) is -1.83. The maximum atomic E-state index is 14.6. The van der Waals surface area contributed by atoms with Crippen LogP contribution >= 0.6 is 0 Å². The number of benzene rings is 2. The molecular weight excluding hydrogens is 429 g/mol. The zero-order valence-electron chi connectivity index (χ0n) is 16.7. The van der Waals surface area contributed by atoms with Crippen molar-refractivity contribution in [2.45, 2.75) is 44.6 Å². The van der Waals surface area contributed by atoms with Crippen LogP contribution in [0.1, 0.15) is 49.7 Å². The van der Waals surface area contributed by atoms with Crippen LogP contribution in [0, 0.1) is 35.0 Å². The third-order valence-electron chi connectivity index (χ3n) is 5.47. The topological polar surface area (TPSA) is 18.5 Å². The molecule has 2 aromatic rings. The Hall–Kier alpha value is -2.29. The molecule has 1 saturated carbocycles. The Morgan fingerprint density at radius 3 is 2.06 bits per heavy atom. The Bertz CT molecular complexity index is 901. The molecule has 0 radical (unpaired) electrons. The minimum atomic E-state index is -4.45. The second kappa shape index (κ2) is 9.46. The first-order valence-electron chi connectivity index (χ1n) is 9.91. The molecule has 1 fully saturated rings. The number of alkyl halides is 2. The summed E-state index contributed by atoms with van der Waals surface area (Å²) in [5, 5.41) is 0. The molecule has 0 amide bonds. The van der Waals surface area contributed by atoms with Gasteiger partial charge in [0.05, 0.1) is 0 Å². The van der Waals surface area contributed by atoms with Crippen molar-refractivity contribution in [2.75, 3.05) is 13.2 Å². The van der Waals surface area contributed by atoms with Crippen LogP contribution in [0.4, 0.5) is 30.7 Å². The maximum Gasteiger partial charge on any atom is 0.429 e. The highest BCUT2D eigenvalue weighted by molar-refractivity contribution is 5.33. The summed E-state index contributed by atoms with van der Waals surface area (Å²) >= 11 is 0. The lowest BCUT2D eigenvalue weighted by atomic mass is 9.78. The Balaban J connectivity index is 1.78. The number of halogens is 7. The van der Waals surface area contributed by atoms with E-state index in [-0.39, 0.29) is 23.6 Å². The smallest absolute Gasteiger partial charge is 0.429 e. The van der Waals surface area contributed by atoms with Crippen molar-refractivity contribution in [3.8, 4) is 5.75 Å². The highest BCUT2D eigenvalue weighted by Crippen LogP contribution is 2.40. The molecule has 3 rings (SSSR count). The minimum Gasteiger partial charge on any atom is -0.429 e. The zero-order chi connectivity index (χ0) is 22.8. The summed E-state index contributed by atoms with van der Waals surface area (Å²) in [5.41, 5.74) is -1.44. The van der Waals surface area contributed by atoms with Gasteiger partial charge in [0.2, 0.25) is 0 Å².